The third kappa shape index (κ3) is 4.77. The van der Waals surface area contributed by atoms with E-state index in [0.29, 0.717) is 30.6 Å². The van der Waals surface area contributed by atoms with Crippen molar-refractivity contribution in [2.45, 2.75) is 39.8 Å². The zero-order chi connectivity index (χ0) is 16.7. The standard InChI is InChI=1S/C18H24N4O/c1-4-14(3)19-17-12-11-16(20-21-17)18(23)22(5-2)13-15-9-7-6-8-10-15/h6-12,14H,4-5,13H2,1-3H3,(H,19,21). The molecule has 1 atom stereocenters. The van der Waals surface area contributed by atoms with Crippen LogP contribution in [0.15, 0.2) is 42.5 Å². The number of nitrogens with one attached hydrogen (secondary N) is 1. The first-order valence-corrected chi connectivity index (χ1v) is 8.07. The second-order valence-corrected chi connectivity index (χ2v) is 5.56. The first kappa shape index (κ1) is 16.9. The van der Waals surface area contributed by atoms with E-state index >= 15 is 0 Å². The molecule has 23 heavy (non-hydrogen) atoms. The zero-order valence-electron chi connectivity index (χ0n) is 14.0. The molecule has 0 saturated carbocycles. The van der Waals surface area contributed by atoms with Crippen molar-refractivity contribution in [2.75, 3.05) is 11.9 Å². The van der Waals surface area contributed by atoms with Gasteiger partial charge in [0, 0.05) is 19.1 Å². The fourth-order valence-corrected chi connectivity index (χ4v) is 2.17. The fraction of sp³-hybridized carbons (Fsp3) is 0.389. The number of amides is 1. The predicted octanol–water partition coefficient (Wildman–Crippen LogP) is 3.35. The molecule has 2 rings (SSSR count). The van der Waals surface area contributed by atoms with Crippen LogP contribution in [-0.4, -0.2) is 33.6 Å². The monoisotopic (exact) mass is 312 g/mol. The van der Waals surface area contributed by atoms with Crippen molar-refractivity contribution in [1.29, 1.82) is 0 Å². The number of benzene rings is 1. The maximum absolute atomic E-state index is 12.6. The Morgan fingerprint density at radius 3 is 2.43 bits per heavy atom. The van der Waals surface area contributed by atoms with Gasteiger partial charge in [0.15, 0.2) is 5.69 Å². The van der Waals surface area contributed by atoms with E-state index in [2.05, 4.69) is 29.4 Å². The first-order chi connectivity index (χ1) is 11.1. The van der Waals surface area contributed by atoms with Gasteiger partial charge in [0.1, 0.15) is 5.82 Å². The lowest BCUT2D eigenvalue weighted by molar-refractivity contribution is 0.0745. The molecule has 5 heteroatoms. The Bertz CT molecular complexity index is 613. The first-order valence-electron chi connectivity index (χ1n) is 8.07. The number of rotatable bonds is 7. The number of hydrogen-bond donors (Lipinski definition) is 1. The molecule has 0 saturated heterocycles. The van der Waals surface area contributed by atoms with Gasteiger partial charge in [0.05, 0.1) is 0 Å². The normalized spacial score (nSPS) is 11.8. The lowest BCUT2D eigenvalue weighted by Crippen LogP contribution is -2.31. The molecule has 122 valence electrons. The van der Waals surface area contributed by atoms with Crippen LogP contribution in [0.4, 0.5) is 5.82 Å². The third-order valence-corrected chi connectivity index (χ3v) is 3.78. The fourth-order valence-electron chi connectivity index (χ4n) is 2.17. The lowest BCUT2D eigenvalue weighted by Gasteiger charge is -2.20. The Morgan fingerprint density at radius 2 is 1.87 bits per heavy atom. The quantitative estimate of drug-likeness (QED) is 0.852. The Hall–Kier alpha value is -2.43. The molecule has 1 aromatic heterocycles. The Balaban J connectivity index is 2.05. The molecule has 2 aromatic rings. The van der Waals surface area contributed by atoms with Crippen LogP contribution < -0.4 is 5.32 Å². The highest BCUT2D eigenvalue weighted by Crippen LogP contribution is 2.10. The highest BCUT2D eigenvalue weighted by atomic mass is 16.2. The van der Waals surface area contributed by atoms with E-state index < -0.39 is 0 Å². The minimum atomic E-state index is -0.0982. The smallest absolute Gasteiger partial charge is 0.274 e. The van der Waals surface area contributed by atoms with Crippen LogP contribution in [0, 0.1) is 0 Å². The molecular formula is C18H24N4O. The van der Waals surface area contributed by atoms with Crippen LogP contribution in [0.5, 0.6) is 0 Å². The van der Waals surface area contributed by atoms with E-state index in [1.165, 1.54) is 0 Å². The van der Waals surface area contributed by atoms with E-state index in [0.717, 1.165) is 12.0 Å². The van der Waals surface area contributed by atoms with E-state index in [-0.39, 0.29) is 5.91 Å². The van der Waals surface area contributed by atoms with Gasteiger partial charge in [-0.15, -0.1) is 10.2 Å². The highest BCUT2D eigenvalue weighted by Gasteiger charge is 2.16. The van der Waals surface area contributed by atoms with Crippen LogP contribution in [-0.2, 0) is 6.54 Å². The summed E-state index contributed by atoms with van der Waals surface area (Å²) in [5, 5.41) is 11.4. The summed E-state index contributed by atoms with van der Waals surface area (Å²) in [6, 6.07) is 13.8. The molecule has 1 unspecified atom stereocenters. The Labute approximate surface area is 137 Å². The van der Waals surface area contributed by atoms with Gasteiger partial charge in [-0.25, -0.2) is 0 Å². The summed E-state index contributed by atoms with van der Waals surface area (Å²) in [6.07, 6.45) is 1.00. The number of anilines is 1. The third-order valence-electron chi connectivity index (χ3n) is 3.78. The van der Waals surface area contributed by atoms with Crippen LogP contribution in [0.2, 0.25) is 0 Å². The van der Waals surface area contributed by atoms with Crippen molar-refractivity contribution in [3.05, 3.63) is 53.7 Å². The predicted molar refractivity (Wildman–Crippen MR) is 92.3 cm³/mol. The molecule has 1 N–H and O–H groups in total. The maximum Gasteiger partial charge on any atom is 0.274 e. The van der Waals surface area contributed by atoms with Crippen molar-refractivity contribution >= 4 is 11.7 Å². The molecule has 0 aliphatic carbocycles. The van der Waals surface area contributed by atoms with Crippen molar-refractivity contribution in [2.24, 2.45) is 0 Å². The van der Waals surface area contributed by atoms with Crippen LogP contribution in [0.3, 0.4) is 0 Å². The minimum Gasteiger partial charge on any atom is -0.366 e. The van der Waals surface area contributed by atoms with Gasteiger partial charge in [-0.05, 0) is 38.0 Å². The van der Waals surface area contributed by atoms with Gasteiger partial charge in [-0.1, -0.05) is 37.3 Å². The number of carbonyl (C=O) groups is 1. The summed E-state index contributed by atoms with van der Waals surface area (Å²) in [5.41, 5.74) is 1.48. The maximum atomic E-state index is 12.6. The van der Waals surface area contributed by atoms with Crippen molar-refractivity contribution in [1.82, 2.24) is 15.1 Å². The largest absolute Gasteiger partial charge is 0.366 e. The summed E-state index contributed by atoms with van der Waals surface area (Å²) < 4.78 is 0. The summed E-state index contributed by atoms with van der Waals surface area (Å²) in [4.78, 5) is 14.3. The van der Waals surface area contributed by atoms with Crippen molar-refractivity contribution in [3.8, 4) is 0 Å². The minimum absolute atomic E-state index is 0.0982. The molecule has 0 aliphatic rings. The van der Waals surface area contributed by atoms with E-state index in [9.17, 15) is 4.79 Å². The molecule has 1 amide bonds. The number of nitrogens with zero attached hydrogens (tertiary/aromatic N) is 3. The van der Waals surface area contributed by atoms with E-state index in [1.807, 2.05) is 43.3 Å². The molecular weight excluding hydrogens is 288 g/mol. The lowest BCUT2D eigenvalue weighted by atomic mass is 10.2. The van der Waals surface area contributed by atoms with Crippen LogP contribution >= 0.6 is 0 Å². The summed E-state index contributed by atoms with van der Waals surface area (Å²) in [5.74, 6) is 0.598. The molecule has 1 aromatic carbocycles. The second kappa shape index (κ2) is 8.27. The summed E-state index contributed by atoms with van der Waals surface area (Å²) >= 11 is 0. The van der Waals surface area contributed by atoms with Gasteiger partial charge in [0.25, 0.3) is 5.91 Å². The van der Waals surface area contributed by atoms with Crippen molar-refractivity contribution in [3.63, 3.8) is 0 Å². The molecule has 0 spiro atoms. The summed E-state index contributed by atoms with van der Waals surface area (Å²) in [7, 11) is 0. The van der Waals surface area contributed by atoms with Gasteiger partial charge in [0.2, 0.25) is 0 Å². The van der Waals surface area contributed by atoms with Gasteiger partial charge < -0.3 is 10.2 Å². The Morgan fingerprint density at radius 1 is 1.13 bits per heavy atom. The van der Waals surface area contributed by atoms with Crippen LogP contribution in [0.25, 0.3) is 0 Å². The zero-order valence-corrected chi connectivity index (χ0v) is 14.0. The number of carbonyl (C=O) groups excluding carboxylic acids is 1. The average Bonchev–Trinajstić information content (AvgIpc) is 2.60. The van der Waals surface area contributed by atoms with Gasteiger partial charge in [-0.2, -0.15) is 0 Å². The molecule has 0 radical (unpaired) electrons. The topological polar surface area (TPSA) is 58.1 Å². The number of hydrogen-bond acceptors (Lipinski definition) is 4. The van der Waals surface area contributed by atoms with E-state index in [1.54, 1.807) is 11.0 Å². The molecule has 1 heterocycles. The molecule has 0 bridgehead atoms. The highest BCUT2D eigenvalue weighted by molar-refractivity contribution is 5.92. The van der Waals surface area contributed by atoms with Crippen LogP contribution in [0.1, 0.15) is 43.2 Å². The second-order valence-electron chi connectivity index (χ2n) is 5.56. The average molecular weight is 312 g/mol. The van der Waals surface area contributed by atoms with Gasteiger partial charge in [-0.3, -0.25) is 4.79 Å². The van der Waals surface area contributed by atoms with Gasteiger partial charge >= 0.3 is 0 Å². The SMILES string of the molecule is CCC(C)Nc1ccc(C(=O)N(CC)Cc2ccccc2)nn1. The number of aromatic nitrogens is 2. The molecule has 5 nitrogen and oxygen atoms in total. The van der Waals surface area contributed by atoms with Crippen molar-refractivity contribution < 1.29 is 4.79 Å². The Kier molecular flexibility index (Phi) is 6.09. The molecule has 0 fully saturated rings. The van der Waals surface area contributed by atoms with E-state index in [4.69, 9.17) is 0 Å². The summed E-state index contributed by atoms with van der Waals surface area (Å²) in [6.45, 7) is 7.35. The molecule has 0 aliphatic heterocycles.